The number of rotatable bonds is 3. The second-order valence-electron chi connectivity index (χ2n) is 3.96. The molecule has 20 heavy (non-hydrogen) atoms. The second-order valence-corrected chi connectivity index (χ2v) is 3.96. The van der Waals surface area contributed by atoms with Crippen LogP contribution in [0.5, 0.6) is 0 Å². The predicted molar refractivity (Wildman–Crippen MR) is 65.6 cm³/mol. The van der Waals surface area contributed by atoms with E-state index in [2.05, 4.69) is 10.3 Å². The van der Waals surface area contributed by atoms with Crippen LogP contribution >= 0.6 is 0 Å². The molecule has 0 aliphatic rings. The van der Waals surface area contributed by atoms with Crippen molar-refractivity contribution in [2.24, 2.45) is 0 Å². The highest BCUT2D eigenvalue weighted by Gasteiger charge is 2.33. The lowest BCUT2D eigenvalue weighted by Crippen LogP contribution is -2.16. The van der Waals surface area contributed by atoms with Crippen LogP contribution in [-0.4, -0.2) is 17.2 Å². The topological polar surface area (TPSA) is 62.0 Å². The first-order valence-electron chi connectivity index (χ1n) is 5.53. The van der Waals surface area contributed by atoms with Crippen molar-refractivity contribution in [1.82, 2.24) is 4.98 Å². The standard InChI is InChI=1S/C13H9F3N2O2/c14-13(15,16)9-3-1-2-4-10(9)18-12(20)11-5-8(7-19)6-17-11/h1-7,17H,(H,18,20). The fourth-order valence-corrected chi connectivity index (χ4v) is 1.64. The van der Waals surface area contributed by atoms with Crippen LogP contribution in [0.3, 0.4) is 0 Å². The normalized spacial score (nSPS) is 11.2. The zero-order valence-corrected chi connectivity index (χ0v) is 9.99. The van der Waals surface area contributed by atoms with Gasteiger partial charge in [-0.2, -0.15) is 13.2 Å². The van der Waals surface area contributed by atoms with Gasteiger partial charge in [0.15, 0.2) is 6.29 Å². The number of H-pyrrole nitrogens is 1. The van der Waals surface area contributed by atoms with E-state index in [1.807, 2.05) is 0 Å². The first-order valence-corrected chi connectivity index (χ1v) is 5.53. The molecular formula is C13H9F3N2O2. The van der Waals surface area contributed by atoms with E-state index in [4.69, 9.17) is 0 Å². The smallest absolute Gasteiger partial charge is 0.356 e. The van der Waals surface area contributed by atoms with E-state index < -0.39 is 17.6 Å². The molecule has 0 aliphatic carbocycles. The Bertz CT molecular complexity index is 647. The zero-order chi connectivity index (χ0) is 14.8. The molecule has 0 saturated heterocycles. The van der Waals surface area contributed by atoms with E-state index in [1.165, 1.54) is 24.4 Å². The number of amides is 1. The maximum absolute atomic E-state index is 12.8. The SMILES string of the molecule is O=Cc1c[nH]c(C(=O)Nc2ccccc2C(F)(F)F)c1. The van der Waals surface area contributed by atoms with Gasteiger partial charge >= 0.3 is 6.18 Å². The van der Waals surface area contributed by atoms with Gasteiger partial charge in [-0.05, 0) is 18.2 Å². The molecule has 104 valence electrons. The van der Waals surface area contributed by atoms with Gasteiger partial charge in [-0.25, -0.2) is 0 Å². The highest BCUT2D eigenvalue weighted by molar-refractivity contribution is 6.04. The molecule has 1 aromatic carbocycles. The fraction of sp³-hybridized carbons (Fsp3) is 0.0769. The highest BCUT2D eigenvalue weighted by Crippen LogP contribution is 2.34. The van der Waals surface area contributed by atoms with E-state index in [-0.39, 0.29) is 16.9 Å². The molecule has 1 amide bonds. The summed E-state index contributed by atoms with van der Waals surface area (Å²) in [5, 5.41) is 2.16. The Balaban J connectivity index is 2.26. The number of hydrogen-bond acceptors (Lipinski definition) is 2. The number of aldehydes is 1. The van der Waals surface area contributed by atoms with Crippen molar-refractivity contribution in [1.29, 1.82) is 0 Å². The zero-order valence-electron chi connectivity index (χ0n) is 9.99. The summed E-state index contributed by atoms with van der Waals surface area (Å²) in [5.74, 6) is -0.755. The Labute approximate surface area is 111 Å². The molecule has 0 radical (unpaired) electrons. The Morgan fingerprint density at radius 2 is 1.95 bits per heavy atom. The van der Waals surface area contributed by atoms with Gasteiger partial charge in [0.2, 0.25) is 0 Å². The third kappa shape index (κ3) is 2.87. The number of carbonyl (C=O) groups is 2. The number of nitrogens with one attached hydrogen (secondary N) is 2. The number of hydrogen-bond donors (Lipinski definition) is 2. The van der Waals surface area contributed by atoms with Crippen molar-refractivity contribution in [2.45, 2.75) is 6.18 Å². The minimum absolute atomic E-state index is 0.00378. The summed E-state index contributed by atoms with van der Waals surface area (Å²) in [6.07, 6.45) is -2.75. The van der Waals surface area contributed by atoms with Gasteiger partial charge < -0.3 is 10.3 Å². The molecule has 0 atom stereocenters. The van der Waals surface area contributed by atoms with E-state index in [0.717, 1.165) is 12.1 Å². The van der Waals surface area contributed by atoms with Crippen molar-refractivity contribution in [3.63, 3.8) is 0 Å². The highest BCUT2D eigenvalue weighted by atomic mass is 19.4. The molecule has 2 N–H and O–H groups in total. The third-order valence-corrected chi connectivity index (χ3v) is 2.57. The minimum atomic E-state index is -4.56. The number of aromatic nitrogens is 1. The maximum atomic E-state index is 12.8. The fourth-order valence-electron chi connectivity index (χ4n) is 1.64. The molecule has 0 unspecified atom stereocenters. The number of alkyl halides is 3. The molecule has 2 aromatic rings. The molecule has 2 rings (SSSR count). The van der Waals surface area contributed by atoms with Gasteiger partial charge in [0.05, 0.1) is 11.3 Å². The number of aromatic amines is 1. The molecule has 0 fully saturated rings. The third-order valence-electron chi connectivity index (χ3n) is 2.57. The average Bonchev–Trinajstić information content (AvgIpc) is 2.87. The van der Waals surface area contributed by atoms with Gasteiger partial charge in [-0.15, -0.1) is 0 Å². The van der Waals surface area contributed by atoms with Gasteiger partial charge in [0, 0.05) is 11.8 Å². The van der Waals surface area contributed by atoms with Crippen molar-refractivity contribution in [3.8, 4) is 0 Å². The summed E-state index contributed by atoms with van der Waals surface area (Å²) >= 11 is 0. The number of halogens is 3. The minimum Gasteiger partial charge on any atom is -0.356 e. The molecule has 0 bridgehead atoms. The number of anilines is 1. The lowest BCUT2D eigenvalue weighted by atomic mass is 10.1. The van der Waals surface area contributed by atoms with E-state index >= 15 is 0 Å². The first kappa shape index (κ1) is 13.9. The van der Waals surface area contributed by atoms with Crippen molar-refractivity contribution in [3.05, 3.63) is 53.3 Å². The Morgan fingerprint density at radius 3 is 2.55 bits per heavy atom. The largest absolute Gasteiger partial charge is 0.418 e. The molecule has 1 aromatic heterocycles. The van der Waals surface area contributed by atoms with Crippen LogP contribution in [0.1, 0.15) is 26.4 Å². The lowest BCUT2D eigenvalue weighted by Gasteiger charge is -2.12. The van der Waals surface area contributed by atoms with Gasteiger partial charge in [-0.3, -0.25) is 9.59 Å². The van der Waals surface area contributed by atoms with Gasteiger partial charge in [0.1, 0.15) is 5.69 Å². The summed E-state index contributed by atoms with van der Waals surface area (Å²) in [4.78, 5) is 24.8. The molecule has 4 nitrogen and oxygen atoms in total. The first-order chi connectivity index (χ1) is 9.41. The summed E-state index contributed by atoms with van der Waals surface area (Å²) in [5.41, 5.74) is -1.04. The molecule has 7 heteroatoms. The van der Waals surface area contributed by atoms with Gasteiger partial charge in [0.25, 0.3) is 5.91 Å². The predicted octanol–water partition coefficient (Wildman–Crippen LogP) is 3.10. The van der Waals surface area contributed by atoms with Crippen molar-refractivity contribution >= 4 is 17.9 Å². The van der Waals surface area contributed by atoms with E-state index in [0.29, 0.717) is 6.29 Å². The average molecular weight is 282 g/mol. The van der Waals surface area contributed by atoms with E-state index in [1.54, 1.807) is 0 Å². The summed E-state index contributed by atoms with van der Waals surface area (Å²) in [6.45, 7) is 0. The number of benzene rings is 1. The summed E-state index contributed by atoms with van der Waals surface area (Å²) in [6, 6.07) is 5.90. The molecule has 0 spiro atoms. The van der Waals surface area contributed by atoms with Crippen LogP contribution in [0.4, 0.5) is 18.9 Å². The second kappa shape index (κ2) is 5.20. The van der Waals surface area contributed by atoms with Crippen LogP contribution in [0.2, 0.25) is 0 Å². The Morgan fingerprint density at radius 1 is 1.25 bits per heavy atom. The molecule has 1 heterocycles. The van der Waals surface area contributed by atoms with Crippen molar-refractivity contribution < 1.29 is 22.8 Å². The number of para-hydroxylation sites is 1. The molecule has 0 aliphatic heterocycles. The van der Waals surface area contributed by atoms with Gasteiger partial charge in [-0.1, -0.05) is 12.1 Å². The summed E-state index contributed by atoms with van der Waals surface area (Å²) in [7, 11) is 0. The monoisotopic (exact) mass is 282 g/mol. The van der Waals surface area contributed by atoms with Crippen LogP contribution in [-0.2, 0) is 6.18 Å². The van der Waals surface area contributed by atoms with Crippen LogP contribution in [0.25, 0.3) is 0 Å². The Hall–Kier alpha value is -2.57. The number of carbonyl (C=O) groups excluding carboxylic acids is 2. The Kier molecular flexibility index (Phi) is 3.60. The lowest BCUT2D eigenvalue weighted by molar-refractivity contribution is -0.136. The van der Waals surface area contributed by atoms with Crippen LogP contribution in [0, 0.1) is 0 Å². The van der Waals surface area contributed by atoms with Crippen molar-refractivity contribution in [2.75, 3.05) is 5.32 Å². The maximum Gasteiger partial charge on any atom is 0.418 e. The molecular weight excluding hydrogens is 273 g/mol. The van der Waals surface area contributed by atoms with E-state index in [9.17, 15) is 22.8 Å². The van der Waals surface area contributed by atoms with Crippen LogP contribution < -0.4 is 5.32 Å². The quantitative estimate of drug-likeness (QED) is 0.850. The van der Waals surface area contributed by atoms with Crippen LogP contribution in [0.15, 0.2) is 36.5 Å². The summed E-state index contributed by atoms with van der Waals surface area (Å²) < 4.78 is 38.3. The molecule has 0 saturated carbocycles.